The van der Waals surface area contributed by atoms with Crippen molar-refractivity contribution in [2.24, 2.45) is 0 Å². The predicted octanol–water partition coefficient (Wildman–Crippen LogP) is 2.47. The zero-order chi connectivity index (χ0) is 17.2. The van der Waals surface area contributed by atoms with Crippen LogP contribution in [0.5, 0.6) is 11.5 Å². The van der Waals surface area contributed by atoms with E-state index in [9.17, 15) is 4.79 Å². The molecule has 0 saturated carbocycles. The molecule has 1 aliphatic heterocycles. The molecule has 0 saturated heterocycles. The van der Waals surface area contributed by atoms with Crippen molar-refractivity contribution in [2.75, 3.05) is 13.2 Å². The van der Waals surface area contributed by atoms with E-state index in [0.29, 0.717) is 41.1 Å². The third kappa shape index (κ3) is 3.10. The highest BCUT2D eigenvalue weighted by atomic mass is 35.5. The summed E-state index contributed by atoms with van der Waals surface area (Å²) < 4.78 is 13.0. The van der Waals surface area contributed by atoms with Crippen LogP contribution in [0.2, 0.25) is 5.02 Å². The van der Waals surface area contributed by atoms with Crippen LogP contribution in [-0.4, -0.2) is 33.7 Å². The van der Waals surface area contributed by atoms with Gasteiger partial charge in [-0.15, -0.1) is 10.2 Å². The van der Waals surface area contributed by atoms with Crippen LogP contribution in [0, 0.1) is 0 Å². The number of hydrogen-bond acceptors (Lipinski definition) is 5. The van der Waals surface area contributed by atoms with E-state index in [4.69, 9.17) is 21.1 Å². The third-order valence-electron chi connectivity index (χ3n) is 3.86. The Morgan fingerprint density at radius 3 is 3.04 bits per heavy atom. The molecule has 1 aromatic carbocycles. The summed E-state index contributed by atoms with van der Waals surface area (Å²) >= 11 is 6.23. The van der Waals surface area contributed by atoms with Gasteiger partial charge in [0.2, 0.25) is 0 Å². The Kier molecular flexibility index (Phi) is 4.15. The van der Waals surface area contributed by atoms with E-state index in [1.54, 1.807) is 12.1 Å². The van der Waals surface area contributed by atoms with Crippen molar-refractivity contribution in [1.29, 1.82) is 0 Å². The lowest BCUT2D eigenvalue weighted by Gasteiger charge is -2.11. The van der Waals surface area contributed by atoms with E-state index < -0.39 is 0 Å². The molecule has 25 heavy (non-hydrogen) atoms. The summed E-state index contributed by atoms with van der Waals surface area (Å²) in [7, 11) is 0. The Hall–Kier alpha value is -2.80. The number of nitrogens with one attached hydrogen (secondary N) is 1. The molecule has 128 valence electrons. The predicted molar refractivity (Wildman–Crippen MR) is 91.2 cm³/mol. The van der Waals surface area contributed by atoms with Gasteiger partial charge in [0.25, 0.3) is 5.91 Å². The lowest BCUT2D eigenvalue weighted by Crippen LogP contribution is -2.24. The topological polar surface area (TPSA) is 77.8 Å². The van der Waals surface area contributed by atoms with Crippen molar-refractivity contribution in [3.05, 3.63) is 52.9 Å². The van der Waals surface area contributed by atoms with E-state index in [2.05, 4.69) is 15.5 Å². The summed E-state index contributed by atoms with van der Waals surface area (Å²) in [6, 6.07) is 8.83. The highest BCUT2D eigenvalue weighted by molar-refractivity contribution is 6.32. The Morgan fingerprint density at radius 1 is 1.24 bits per heavy atom. The second kappa shape index (κ2) is 6.60. The SMILES string of the molecule is O=C(NCc1nnc2ccccn12)c1cc(Cl)c2c(c1)OCCCO2. The molecular formula is C17H15ClN4O3. The zero-order valence-corrected chi connectivity index (χ0v) is 14.0. The summed E-state index contributed by atoms with van der Waals surface area (Å²) in [5.74, 6) is 1.34. The molecule has 0 spiro atoms. The van der Waals surface area contributed by atoms with Crippen LogP contribution in [0.4, 0.5) is 0 Å². The molecule has 3 aromatic rings. The van der Waals surface area contributed by atoms with Gasteiger partial charge in [-0.1, -0.05) is 17.7 Å². The van der Waals surface area contributed by atoms with E-state index in [1.807, 2.05) is 28.8 Å². The number of pyridine rings is 1. The molecule has 7 nitrogen and oxygen atoms in total. The Bertz CT molecular complexity index is 941. The molecular weight excluding hydrogens is 344 g/mol. The molecule has 0 aliphatic carbocycles. The van der Waals surface area contributed by atoms with Crippen molar-refractivity contribution >= 4 is 23.2 Å². The fraction of sp³-hybridized carbons (Fsp3) is 0.235. The number of fused-ring (bicyclic) bond motifs is 2. The number of nitrogens with zero attached hydrogens (tertiary/aromatic N) is 3. The fourth-order valence-electron chi connectivity index (χ4n) is 2.63. The monoisotopic (exact) mass is 358 g/mol. The normalized spacial score (nSPS) is 13.5. The molecule has 1 aliphatic rings. The summed E-state index contributed by atoms with van der Waals surface area (Å²) in [6.45, 7) is 1.31. The van der Waals surface area contributed by atoms with Crippen molar-refractivity contribution in [3.63, 3.8) is 0 Å². The molecule has 0 radical (unpaired) electrons. The van der Waals surface area contributed by atoms with Gasteiger partial charge in [0.1, 0.15) is 0 Å². The number of aromatic nitrogens is 3. The molecule has 3 heterocycles. The number of benzene rings is 1. The van der Waals surface area contributed by atoms with Crippen molar-refractivity contribution in [1.82, 2.24) is 19.9 Å². The highest BCUT2D eigenvalue weighted by Gasteiger charge is 2.18. The van der Waals surface area contributed by atoms with Gasteiger partial charge in [-0.3, -0.25) is 9.20 Å². The first-order chi connectivity index (χ1) is 12.2. The Balaban J connectivity index is 1.53. The summed E-state index contributed by atoms with van der Waals surface area (Å²) in [4.78, 5) is 12.5. The number of halogens is 1. The minimum Gasteiger partial charge on any atom is -0.489 e. The zero-order valence-electron chi connectivity index (χ0n) is 13.2. The molecule has 8 heteroatoms. The summed E-state index contributed by atoms with van der Waals surface area (Å²) in [6.07, 6.45) is 2.62. The third-order valence-corrected chi connectivity index (χ3v) is 4.14. The van der Waals surface area contributed by atoms with E-state index in [-0.39, 0.29) is 12.5 Å². The van der Waals surface area contributed by atoms with Crippen LogP contribution in [0.15, 0.2) is 36.5 Å². The van der Waals surface area contributed by atoms with Gasteiger partial charge >= 0.3 is 0 Å². The van der Waals surface area contributed by atoms with Gasteiger partial charge < -0.3 is 14.8 Å². The smallest absolute Gasteiger partial charge is 0.251 e. The van der Waals surface area contributed by atoms with Crippen LogP contribution in [0.1, 0.15) is 22.6 Å². The summed E-state index contributed by atoms with van der Waals surface area (Å²) in [5.41, 5.74) is 1.13. The largest absolute Gasteiger partial charge is 0.489 e. The average Bonchev–Trinajstić information content (AvgIpc) is 2.88. The van der Waals surface area contributed by atoms with Gasteiger partial charge in [0.15, 0.2) is 23.0 Å². The van der Waals surface area contributed by atoms with Crippen LogP contribution in [0.3, 0.4) is 0 Å². The van der Waals surface area contributed by atoms with E-state index >= 15 is 0 Å². The molecule has 0 bridgehead atoms. The second-order valence-electron chi connectivity index (χ2n) is 5.56. The van der Waals surface area contributed by atoms with Gasteiger partial charge in [-0.2, -0.15) is 0 Å². The minimum absolute atomic E-state index is 0.246. The molecule has 1 N–H and O–H groups in total. The van der Waals surface area contributed by atoms with Crippen molar-refractivity contribution in [3.8, 4) is 11.5 Å². The maximum Gasteiger partial charge on any atom is 0.251 e. The number of ether oxygens (including phenoxy) is 2. The van der Waals surface area contributed by atoms with E-state index in [0.717, 1.165) is 12.1 Å². The molecule has 1 amide bonds. The molecule has 4 rings (SSSR count). The van der Waals surface area contributed by atoms with Crippen LogP contribution in [0.25, 0.3) is 5.65 Å². The Labute approximate surface area is 148 Å². The lowest BCUT2D eigenvalue weighted by molar-refractivity contribution is 0.0949. The van der Waals surface area contributed by atoms with Crippen LogP contribution in [-0.2, 0) is 6.54 Å². The van der Waals surface area contributed by atoms with E-state index in [1.165, 1.54) is 0 Å². The number of amides is 1. The lowest BCUT2D eigenvalue weighted by atomic mass is 10.2. The molecule has 2 aromatic heterocycles. The standard InChI is InChI=1S/C17H15ClN4O3/c18-12-8-11(9-13-16(12)25-7-3-6-24-13)17(23)19-10-15-21-20-14-4-1-2-5-22(14)15/h1-2,4-5,8-9H,3,6-7,10H2,(H,19,23). The van der Waals surface area contributed by atoms with Crippen LogP contribution < -0.4 is 14.8 Å². The van der Waals surface area contributed by atoms with Crippen molar-refractivity contribution in [2.45, 2.75) is 13.0 Å². The first kappa shape index (κ1) is 15.7. The van der Waals surface area contributed by atoms with Gasteiger partial charge in [0, 0.05) is 18.2 Å². The average molecular weight is 359 g/mol. The summed E-state index contributed by atoms with van der Waals surface area (Å²) in [5, 5.41) is 11.3. The second-order valence-corrected chi connectivity index (χ2v) is 5.97. The molecule has 0 fully saturated rings. The Morgan fingerprint density at radius 2 is 2.12 bits per heavy atom. The molecule has 0 unspecified atom stereocenters. The highest BCUT2D eigenvalue weighted by Crippen LogP contribution is 2.37. The van der Waals surface area contributed by atoms with Gasteiger partial charge in [0.05, 0.1) is 24.8 Å². The minimum atomic E-state index is -0.273. The van der Waals surface area contributed by atoms with Gasteiger partial charge in [-0.05, 0) is 24.3 Å². The first-order valence-electron chi connectivity index (χ1n) is 7.88. The van der Waals surface area contributed by atoms with Crippen LogP contribution >= 0.6 is 11.6 Å². The maximum absolute atomic E-state index is 12.5. The first-order valence-corrected chi connectivity index (χ1v) is 8.26. The molecule has 0 atom stereocenters. The van der Waals surface area contributed by atoms with Gasteiger partial charge in [-0.25, -0.2) is 0 Å². The quantitative estimate of drug-likeness (QED) is 0.778. The fourth-order valence-corrected chi connectivity index (χ4v) is 2.90. The number of carbonyl (C=O) groups excluding carboxylic acids is 1. The number of carbonyl (C=O) groups is 1. The maximum atomic E-state index is 12.5. The number of rotatable bonds is 3. The van der Waals surface area contributed by atoms with Crippen molar-refractivity contribution < 1.29 is 14.3 Å². The number of hydrogen-bond donors (Lipinski definition) is 1.